The van der Waals surface area contributed by atoms with E-state index >= 15 is 0 Å². The van der Waals surface area contributed by atoms with E-state index in [1.165, 1.54) is 0 Å². The average molecular weight is 325 g/mol. The van der Waals surface area contributed by atoms with Gasteiger partial charge in [0.1, 0.15) is 0 Å². The summed E-state index contributed by atoms with van der Waals surface area (Å²) < 4.78 is 1.73. The van der Waals surface area contributed by atoms with Crippen LogP contribution in [0.1, 0.15) is 41.5 Å². The van der Waals surface area contributed by atoms with Gasteiger partial charge in [-0.2, -0.15) is 5.10 Å². The molecule has 0 unspecified atom stereocenters. The van der Waals surface area contributed by atoms with Gasteiger partial charge in [0.15, 0.2) is 0 Å². The Hall–Kier alpha value is -2.43. The second-order valence-corrected chi connectivity index (χ2v) is 6.62. The molecule has 5 nitrogen and oxygen atoms in total. The molecule has 1 fully saturated rings. The number of ketones is 1. The molecule has 1 amide bonds. The highest BCUT2D eigenvalue weighted by atomic mass is 16.2. The standard InChI is InChI=1S/C19H23N3O2/c1-13-8-7-11-21(12-13)19(24)18(23)17-14(2)20-22(15(17)3)16-9-5-4-6-10-16/h4-6,9-10,13H,7-8,11-12H2,1-3H3/t13-/m0/s1. The number of hydrogen-bond donors (Lipinski definition) is 0. The lowest BCUT2D eigenvalue weighted by Crippen LogP contribution is -2.43. The average Bonchev–Trinajstić information content (AvgIpc) is 2.89. The number of likely N-dealkylation sites (tertiary alicyclic amines) is 1. The fourth-order valence-electron chi connectivity index (χ4n) is 3.42. The molecular weight excluding hydrogens is 302 g/mol. The van der Waals surface area contributed by atoms with Gasteiger partial charge in [0.25, 0.3) is 11.7 Å². The third-order valence-corrected chi connectivity index (χ3v) is 4.66. The molecule has 1 atom stereocenters. The van der Waals surface area contributed by atoms with Crippen molar-refractivity contribution in [2.75, 3.05) is 13.1 Å². The molecule has 0 radical (unpaired) electrons. The van der Waals surface area contributed by atoms with Crippen molar-refractivity contribution < 1.29 is 9.59 Å². The van der Waals surface area contributed by atoms with Crippen molar-refractivity contribution in [3.8, 4) is 5.69 Å². The van der Waals surface area contributed by atoms with Gasteiger partial charge >= 0.3 is 0 Å². The fraction of sp³-hybridized carbons (Fsp3) is 0.421. The van der Waals surface area contributed by atoms with Gasteiger partial charge in [-0.25, -0.2) is 4.68 Å². The minimum absolute atomic E-state index is 0.402. The number of nitrogens with zero attached hydrogens (tertiary/aromatic N) is 3. The van der Waals surface area contributed by atoms with E-state index in [9.17, 15) is 9.59 Å². The van der Waals surface area contributed by atoms with E-state index in [4.69, 9.17) is 0 Å². The molecule has 1 aliphatic rings. The van der Waals surface area contributed by atoms with Crippen LogP contribution in [0.3, 0.4) is 0 Å². The number of benzene rings is 1. The van der Waals surface area contributed by atoms with E-state index in [-0.39, 0.29) is 0 Å². The minimum Gasteiger partial charge on any atom is -0.336 e. The highest BCUT2D eigenvalue weighted by Crippen LogP contribution is 2.21. The Morgan fingerprint density at radius 1 is 1.17 bits per heavy atom. The summed E-state index contributed by atoms with van der Waals surface area (Å²) in [4.78, 5) is 27.1. The Kier molecular flexibility index (Phi) is 4.51. The van der Waals surface area contributed by atoms with Crippen LogP contribution in [0.25, 0.3) is 5.69 Å². The molecule has 0 aliphatic carbocycles. The summed E-state index contributed by atoms with van der Waals surface area (Å²) in [5.74, 6) is -0.397. The van der Waals surface area contributed by atoms with Crippen molar-refractivity contribution in [2.24, 2.45) is 5.92 Å². The van der Waals surface area contributed by atoms with Crippen molar-refractivity contribution in [3.05, 3.63) is 47.3 Å². The normalized spacial score (nSPS) is 17.8. The smallest absolute Gasteiger partial charge is 0.295 e. The molecule has 24 heavy (non-hydrogen) atoms. The van der Waals surface area contributed by atoms with Gasteiger partial charge in [-0.1, -0.05) is 25.1 Å². The number of piperidine rings is 1. The zero-order chi connectivity index (χ0) is 17.3. The predicted octanol–water partition coefficient (Wildman–Crippen LogP) is 2.93. The predicted molar refractivity (Wildman–Crippen MR) is 92.3 cm³/mol. The van der Waals surface area contributed by atoms with E-state index in [0.717, 1.165) is 18.5 Å². The molecule has 5 heteroatoms. The van der Waals surface area contributed by atoms with Crippen LogP contribution in [-0.2, 0) is 4.79 Å². The maximum absolute atomic E-state index is 12.8. The summed E-state index contributed by atoms with van der Waals surface area (Å²) in [5, 5.41) is 4.47. The first kappa shape index (κ1) is 16.4. The summed E-state index contributed by atoms with van der Waals surface area (Å²) >= 11 is 0. The molecule has 0 spiro atoms. The maximum Gasteiger partial charge on any atom is 0.295 e. The first-order valence-electron chi connectivity index (χ1n) is 8.44. The Morgan fingerprint density at radius 2 is 1.88 bits per heavy atom. The van der Waals surface area contributed by atoms with E-state index in [2.05, 4.69) is 12.0 Å². The van der Waals surface area contributed by atoms with Crippen LogP contribution >= 0.6 is 0 Å². The Morgan fingerprint density at radius 3 is 2.54 bits per heavy atom. The number of carbonyl (C=O) groups excluding carboxylic acids is 2. The number of Topliss-reactive ketones (excluding diaryl/α,β-unsaturated/α-hetero) is 1. The lowest BCUT2D eigenvalue weighted by molar-refractivity contribution is -0.128. The van der Waals surface area contributed by atoms with Crippen molar-refractivity contribution in [3.63, 3.8) is 0 Å². The third-order valence-electron chi connectivity index (χ3n) is 4.66. The summed E-state index contributed by atoms with van der Waals surface area (Å²) in [7, 11) is 0. The summed E-state index contributed by atoms with van der Waals surface area (Å²) in [5.41, 5.74) is 2.63. The van der Waals surface area contributed by atoms with Crippen LogP contribution in [0.2, 0.25) is 0 Å². The highest BCUT2D eigenvalue weighted by Gasteiger charge is 2.30. The zero-order valence-corrected chi connectivity index (χ0v) is 14.5. The largest absolute Gasteiger partial charge is 0.336 e. The van der Waals surface area contributed by atoms with Gasteiger partial charge in [0.2, 0.25) is 0 Å². The molecule has 0 bridgehead atoms. The maximum atomic E-state index is 12.8. The van der Waals surface area contributed by atoms with Crippen LogP contribution in [0.15, 0.2) is 30.3 Å². The van der Waals surface area contributed by atoms with E-state index < -0.39 is 11.7 Å². The molecular formula is C19H23N3O2. The molecule has 0 saturated carbocycles. The molecule has 1 aliphatic heterocycles. The van der Waals surface area contributed by atoms with E-state index in [1.807, 2.05) is 37.3 Å². The van der Waals surface area contributed by atoms with Crippen molar-refractivity contribution in [2.45, 2.75) is 33.6 Å². The number of carbonyl (C=O) groups is 2. The van der Waals surface area contributed by atoms with E-state index in [0.29, 0.717) is 36.0 Å². The molecule has 0 N–H and O–H groups in total. The molecule has 3 rings (SSSR count). The molecule has 2 aromatic rings. The first-order valence-corrected chi connectivity index (χ1v) is 8.44. The van der Waals surface area contributed by atoms with Gasteiger partial charge in [-0.15, -0.1) is 0 Å². The van der Waals surface area contributed by atoms with Crippen LogP contribution < -0.4 is 0 Å². The Bertz CT molecular complexity index is 764. The summed E-state index contributed by atoms with van der Waals surface area (Å²) in [6.07, 6.45) is 2.07. The number of aryl methyl sites for hydroxylation is 1. The number of rotatable bonds is 3. The fourth-order valence-corrected chi connectivity index (χ4v) is 3.42. The molecule has 1 aromatic carbocycles. The Labute approximate surface area is 142 Å². The quantitative estimate of drug-likeness (QED) is 0.644. The van der Waals surface area contributed by atoms with Gasteiger partial charge in [0.05, 0.1) is 22.6 Å². The minimum atomic E-state index is -0.443. The van der Waals surface area contributed by atoms with Gasteiger partial charge in [-0.05, 0) is 44.7 Å². The summed E-state index contributed by atoms with van der Waals surface area (Å²) in [6, 6.07) is 9.65. The van der Waals surface area contributed by atoms with Crippen LogP contribution in [0.4, 0.5) is 0 Å². The van der Waals surface area contributed by atoms with Crippen molar-refractivity contribution >= 4 is 11.7 Å². The second-order valence-electron chi connectivity index (χ2n) is 6.62. The lowest BCUT2D eigenvalue weighted by Gasteiger charge is -2.30. The number of amides is 1. The SMILES string of the molecule is Cc1nn(-c2ccccc2)c(C)c1C(=O)C(=O)N1CCC[C@H](C)C1. The first-order chi connectivity index (χ1) is 11.5. The van der Waals surface area contributed by atoms with Gasteiger partial charge < -0.3 is 4.90 Å². The summed E-state index contributed by atoms with van der Waals surface area (Å²) in [6.45, 7) is 7.07. The molecule has 1 aromatic heterocycles. The Balaban J connectivity index is 1.90. The highest BCUT2D eigenvalue weighted by molar-refractivity contribution is 6.43. The lowest BCUT2D eigenvalue weighted by atomic mass is 9.99. The van der Waals surface area contributed by atoms with Crippen molar-refractivity contribution in [1.82, 2.24) is 14.7 Å². The topological polar surface area (TPSA) is 55.2 Å². The molecule has 126 valence electrons. The monoisotopic (exact) mass is 325 g/mol. The number of aromatic nitrogens is 2. The molecule has 1 saturated heterocycles. The van der Waals surface area contributed by atoms with E-state index in [1.54, 1.807) is 16.5 Å². The van der Waals surface area contributed by atoms with Gasteiger partial charge in [0, 0.05) is 13.1 Å². The van der Waals surface area contributed by atoms with Crippen molar-refractivity contribution in [1.29, 1.82) is 0 Å². The van der Waals surface area contributed by atoms with Gasteiger partial charge in [-0.3, -0.25) is 9.59 Å². The van der Waals surface area contributed by atoms with Crippen LogP contribution in [0, 0.1) is 19.8 Å². The second kappa shape index (κ2) is 6.59. The molecule has 2 heterocycles. The zero-order valence-electron chi connectivity index (χ0n) is 14.5. The number of para-hydroxylation sites is 1. The third kappa shape index (κ3) is 2.98. The van der Waals surface area contributed by atoms with Crippen LogP contribution in [0.5, 0.6) is 0 Å². The van der Waals surface area contributed by atoms with Crippen LogP contribution in [-0.4, -0.2) is 39.5 Å². The number of hydrogen-bond acceptors (Lipinski definition) is 3.